The van der Waals surface area contributed by atoms with Crippen molar-refractivity contribution in [2.45, 2.75) is 12.5 Å². The minimum atomic E-state index is -4.28. The summed E-state index contributed by atoms with van der Waals surface area (Å²) in [5.74, 6) is -2.15. The maximum Gasteiger partial charge on any atom is 0.326 e. The maximum absolute atomic E-state index is 11.6. The SMILES string of the molecule is O=C(Nc1ccccc1)N[C@@H](CCS(=O)(=O)O)C(=O)O. The van der Waals surface area contributed by atoms with E-state index in [1.54, 1.807) is 30.3 Å². The number of nitrogens with one attached hydrogen (secondary N) is 2. The summed E-state index contributed by atoms with van der Waals surface area (Å²) in [5.41, 5.74) is 0.462. The molecule has 0 radical (unpaired) electrons. The van der Waals surface area contributed by atoms with Crippen LogP contribution >= 0.6 is 0 Å². The highest BCUT2D eigenvalue weighted by atomic mass is 32.2. The van der Waals surface area contributed by atoms with Crippen LogP contribution in [0.15, 0.2) is 30.3 Å². The van der Waals surface area contributed by atoms with Crippen LogP contribution in [0, 0.1) is 0 Å². The molecule has 0 saturated heterocycles. The van der Waals surface area contributed by atoms with E-state index < -0.39 is 40.3 Å². The third-order valence-electron chi connectivity index (χ3n) is 2.30. The molecule has 0 bridgehead atoms. The van der Waals surface area contributed by atoms with Gasteiger partial charge in [0.25, 0.3) is 10.1 Å². The van der Waals surface area contributed by atoms with Crippen LogP contribution in [0.25, 0.3) is 0 Å². The van der Waals surface area contributed by atoms with Gasteiger partial charge < -0.3 is 15.7 Å². The molecule has 0 heterocycles. The summed E-state index contributed by atoms with van der Waals surface area (Å²) in [5, 5.41) is 13.4. The lowest BCUT2D eigenvalue weighted by Gasteiger charge is -2.14. The van der Waals surface area contributed by atoms with Crippen LogP contribution in [-0.4, -0.2) is 41.9 Å². The van der Waals surface area contributed by atoms with Crippen molar-refractivity contribution in [1.82, 2.24) is 5.32 Å². The van der Waals surface area contributed by atoms with Gasteiger partial charge in [-0.15, -0.1) is 0 Å². The summed E-state index contributed by atoms with van der Waals surface area (Å²) in [4.78, 5) is 22.4. The fourth-order valence-corrected chi connectivity index (χ4v) is 1.90. The Labute approximate surface area is 115 Å². The average molecular weight is 302 g/mol. The van der Waals surface area contributed by atoms with Crippen LogP contribution in [0.1, 0.15) is 6.42 Å². The average Bonchev–Trinajstić information content (AvgIpc) is 2.34. The topological polar surface area (TPSA) is 133 Å². The first-order valence-corrected chi connectivity index (χ1v) is 7.19. The Bertz CT molecular complexity index is 572. The van der Waals surface area contributed by atoms with Crippen molar-refractivity contribution in [3.05, 3.63) is 30.3 Å². The van der Waals surface area contributed by atoms with E-state index in [9.17, 15) is 18.0 Å². The predicted octanol–water partition coefficient (Wildman–Crippen LogP) is 0.539. The Hall–Kier alpha value is -2.13. The molecule has 0 unspecified atom stereocenters. The molecule has 0 aliphatic heterocycles. The summed E-state index contributed by atoms with van der Waals surface area (Å²) in [6.45, 7) is 0. The third-order valence-corrected chi connectivity index (χ3v) is 3.05. The number of benzene rings is 1. The van der Waals surface area contributed by atoms with Crippen LogP contribution in [0.3, 0.4) is 0 Å². The molecular formula is C11H14N2O6S. The Morgan fingerprint density at radius 1 is 1.20 bits per heavy atom. The molecule has 1 aromatic carbocycles. The largest absolute Gasteiger partial charge is 0.480 e. The number of carboxylic acid groups (broad SMARTS) is 1. The minimum absolute atomic E-state index is 0.434. The first-order valence-electron chi connectivity index (χ1n) is 5.58. The van der Waals surface area contributed by atoms with Gasteiger partial charge in [0.1, 0.15) is 6.04 Å². The number of carbonyl (C=O) groups excluding carboxylic acids is 1. The van der Waals surface area contributed by atoms with Gasteiger partial charge in [-0.2, -0.15) is 8.42 Å². The normalized spacial score (nSPS) is 12.4. The van der Waals surface area contributed by atoms with Gasteiger partial charge in [-0.1, -0.05) is 18.2 Å². The first kappa shape index (κ1) is 15.9. The van der Waals surface area contributed by atoms with Crippen molar-refractivity contribution >= 4 is 27.8 Å². The number of hydrogen-bond acceptors (Lipinski definition) is 4. The molecule has 110 valence electrons. The van der Waals surface area contributed by atoms with E-state index in [1.165, 1.54) is 0 Å². The number of urea groups is 1. The van der Waals surface area contributed by atoms with Crippen LogP contribution in [0.2, 0.25) is 0 Å². The second-order valence-electron chi connectivity index (χ2n) is 3.93. The van der Waals surface area contributed by atoms with E-state index in [0.717, 1.165) is 0 Å². The minimum Gasteiger partial charge on any atom is -0.480 e. The molecular weight excluding hydrogens is 288 g/mol. The number of para-hydroxylation sites is 1. The van der Waals surface area contributed by atoms with Crippen molar-refractivity contribution < 1.29 is 27.7 Å². The molecule has 0 aliphatic carbocycles. The summed E-state index contributed by atoms with van der Waals surface area (Å²) >= 11 is 0. The molecule has 4 N–H and O–H groups in total. The van der Waals surface area contributed by atoms with Crippen molar-refractivity contribution in [2.24, 2.45) is 0 Å². The lowest BCUT2D eigenvalue weighted by molar-refractivity contribution is -0.139. The highest BCUT2D eigenvalue weighted by Crippen LogP contribution is 2.05. The fourth-order valence-electron chi connectivity index (χ4n) is 1.37. The van der Waals surface area contributed by atoms with E-state index in [2.05, 4.69) is 10.6 Å². The summed E-state index contributed by atoms with van der Waals surface area (Å²) < 4.78 is 29.7. The summed E-state index contributed by atoms with van der Waals surface area (Å²) in [6.07, 6.45) is -0.434. The molecule has 0 aromatic heterocycles. The predicted molar refractivity (Wildman–Crippen MR) is 71.1 cm³/mol. The van der Waals surface area contributed by atoms with Crippen LogP contribution in [0.5, 0.6) is 0 Å². The molecule has 0 fully saturated rings. The van der Waals surface area contributed by atoms with E-state index >= 15 is 0 Å². The van der Waals surface area contributed by atoms with Gasteiger partial charge in [-0.25, -0.2) is 9.59 Å². The second-order valence-corrected chi connectivity index (χ2v) is 5.50. The van der Waals surface area contributed by atoms with Crippen LogP contribution < -0.4 is 10.6 Å². The lowest BCUT2D eigenvalue weighted by Crippen LogP contribution is -2.43. The number of hydrogen-bond donors (Lipinski definition) is 4. The van der Waals surface area contributed by atoms with Gasteiger partial charge in [0, 0.05) is 5.69 Å². The van der Waals surface area contributed by atoms with Crippen molar-refractivity contribution in [2.75, 3.05) is 11.1 Å². The zero-order valence-electron chi connectivity index (χ0n) is 10.3. The molecule has 8 nitrogen and oxygen atoms in total. The number of aliphatic carboxylic acids is 1. The third kappa shape index (κ3) is 6.16. The molecule has 2 amide bonds. The van der Waals surface area contributed by atoms with E-state index in [0.29, 0.717) is 5.69 Å². The van der Waals surface area contributed by atoms with Gasteiger partial charge in [0.2, 0.25) is 0 Å². The second kappa shape index (κ2) is 6.87. The van der Waals surface area contributed by atoms with Gasteiger partial charge in [0.05, 0.1) is 5.75 Å². The zero-order chi connectivity index (χ0) is 15.2. The fraction of sp³-hybridized carbons (Fsp3) is 0.273. The molecule has 0 aliphatic rings. The van der Waals surface area contributed by atoms with Gasteiger partial charge in [0.15, 0.2) is 0 Å². The Morgan fingerprint density at radius 3 is 2.30 bits per heavy atom. The molecule has 1 atom stereocenters. The van der Waals surface area contributed by atoms with E-state index in [1.807, 2.05) is 0 Å². The first-order chi connectivity index (χ1) is 9.28. The van der Waals surface area contributed by atoms with Gasteiger partial charge >= 0.3 is 12.0 Å². The lowest BCUT2D eigenvalue weighted by atomic mass is 10.2. The van der Waals surface area contributed by atoms with Crippen LogP contribution in [0.4, 0.5) is 10.5 Å². The van der Waals surface area contributed by atoms with Crippen molar-refractivity contribution in [1.29, 1.82) is 0 Å². The Kier molecular flexibility index (Phi) is 5.47. The smallest absolute Gasteiger partial charge is 0.326 e. The summed E-state index contributed by atoms with van der Waals surface area (Å²) in [6, 6.07) is 6.13. The maximum atomic E-state index is 11.6. The molecule has 1 aromatic rings. The number of carboxylic acids is 1. The van der Waals surface area contributed by atoms with Gasteiger partial charge in [-0.05, 0) is 18.6 Å². The van der Waals surface area contributed by atoms with Crippen molar-refractivity contribution in [3.8, 4) is 0 Å². The van der Waals surface area contributed by atoms with Gasteiger partial charge in [-0.3, -0.25) is 4.55 Å². The molecule has 1 rings (SSSR count). The molecule has 0 saturated carbocycles. The molecule has 9 heteroatoms. The quantitative estimate of drug-likeness (QED) is 0.567. The number of anilines is 1. The highest BCUT2D eigenvalue weighted by molar-refractivity contribution is 7.85. The number of rotatable bonds is 6. The Morgan fingerprint density at radius 2 is 1.80 bits per heavy atom. The van der Waals surface area contributed by atoms with E-state index in [4.69, 9.17) is 9.66 Å². The van der Waals surface area contributed by atoms with Crippen LogP contribution in [-0.2, 0) is 14.9 Å². The number of carbonyl (C=O) groups is 2. The standard InChI is InChI=1S/C11H14N2O6S/c14-10(15)9(6-7-20(17,18)19)13-11(16)12-8-4-2-1-3-5-8/h1-5,9H,6-7H2,(H,14,15)(H2,12,13,16)(H,17,18,19)/t9-/m0/s1. The van der Waals surface area contributed by atoms with Crippen molar-refractivity contribution in [3.63, 3.8) is 0 Å². The zero-order valence-corrected chi connectivity index (χ0v) is 11.1. The Balaban J connectivity index is 2.57. The summed E-state index contributed by atoms with van der Waals surface area (Å²) in [7, 11) is -4.28. The van der Waals surface area contributed by atoms with E-state index in [-0.39, 0.29) is 0 Å². The molecule has 20 heavy (non-hydrogen) atoms. The highest BCUT2D eigenvalue weighted by Gasteiger charge is 2.22. The molecule has 0 spiro atoms. The number of amides is 2. The monoisotopic (exact) mass is 302 g/mol.